The van der Waals surface area contributed by atoms with Gasteiger partial charge in [0.2, 0.25) is 6.10 Å². The summed E-state index contributed by atoms with van der Waals surface area (Å²) in [5.74, 6) is 1.45. The quantitative estimate of drug-likeness (QED) is 0.404. The van der Waals surface area contributed by atoms with Gasteiger partial charge in [-0.3, -0.25) is 14.9 Å². The molecule has 0 saturated heterocycles. The van der Waals surface area contributed by atoms with Crippen molar-refractivity contribution >= 4 is 17.8 Å². The Morgan fingerprint density at radius 1 is 1.14 bits per heavy atom. The molecular weight excluding hydrogens is 378 g/mol. The maximum Gasteiger partial charge on any atom is 0.284 e. The van der Waals surface area contributed by atoms with Gasteiger partial charge in [0.15, 0.2) is 11.5 Å². The van der Waals surface area contributed by atoms with Gasteiger partial charge < -0.3 is 13.9 Å². The summed E-state index contributed by atoms with van der Waals surface area (Å²) in [6.45, 7) is 0.0794. The second-order valence-corrected chi connectivity index (χ2v) is 6.11. The molecule has 0 bridgehead atoms. The first-order chi connectivity index (χ1) is 14.1. The number of amides is 1. The van der Waals surface area contributed by atoms with Gasteiger partial charge in [-0.1, -0.05) is 24.3 Å². The van der Waals surface area contributed by atoms with E-state index in [9.17, 15) is 14.9 Å². The third-order valence-corrected chi connectivity index (χ3v) is 4.14. The molecule has 9 heteroatoms. The summed E-state index contributed by atoms with van der Waals surface area (Å²) >= 11 is 0. The van der Waals surface area contributed by atoms with E-state index in [1.807, 2.05) is 6.07 Å². The molecule has 1 amide bonds. The first kappa shape index (κ1) is 18.2. The maximum absolute atomic E-state index is 12.2. The van der Waals surface area contributed by atoms with E-state index < -0.39 is 16.9 Å². The van der Waals surface area contributed by atoms with Crippen LogP contribution in [0.5, 0.6) is 11.5 Å². The van der Waals surface area contributed by atoms with E-state index in [1.165, 1.54) is 18.3 Å². The number of carbonyl (C=O) groups excluding carboxylic acids is 1. The van der Waals surface area contributed by atoms with Gasteiger partial charge in [-0.05, 0) is 24.3 Å². The molecular formula is C20H15N3O6. The zero-order valence-electron chi connectivity index (χ0n) is 15.0. The molecule has 2 heterocycles. The van der Waals surface area contributed by atoms with E-state index in [1.54, 1.807) is 42.5 Å². The smallest absolute Gasteiger partial charge is 0.284 e. The fourth-order valence-electron chi connectivity index (χ4n) is 2.73. The number of nitro groups is 1. The zero-order chi connectivity index (χ0) is 20.2. The summed E-state index contributed by atoms with van der Waals surface area (Å²) < 4.78 is 16.7. The molecule has 4 rings (SSSR count). The molecule has 9 nitrogen and oxygen atoms in total. The van der Waals surface area contributed by atoms with E-state index >= 15 is 0 Å². The zero-order valence-corrected chi connectivity index (χ0v) is 15.0. The Hall–Kier alpha value is -4.14. The molecule has 0 aliphatic carbocycles. The minimum atomic E-state index is -0.820. The number of nitrogens with one attached hydrogen (secondary N) is 1. The lowest BCUT2D eigenvalue weighted by Crippen LogP contribution is -2.42. The molecule has 2 aromatic carbocycles. The van der Waals surface area contributed by atoms with Crippen molar-refractivity contribution in [2.24, 2.45) is 5.10 Å². The van der Waals surface area contributed by atoms with Crippen molar-refractivity contribution in [3.63, 3.8) is 0 Å². The minimum absolute atomic E-state index is 0.0299. The number of nitrogens with zero attached hydrogens (tertiary/aromatic N) is 2. The van der Waals surface area contributed by atoms with Gasteiger partial charge in [0.25, 0.3) is 11.6 Å². The molecule has 0 radical (unpaired) electrons. The minimum Gasteiger partial charge on any atom is -0.485 e. The molecule has 3 aromatic rings. The highest BCUT2D eigenvalue weighted by molar-refractivity contribution is 5.84. The van der Waals surface area contributed by atoms with Crippen LogP contribution >= 0.6 is 0 Å². The standard InChI is InChI=1S/C20H15N3O6/c24-20(19-12-27-17-6-1-2-7-18(17)29-19)22-21-11-15-8-9-16(28-15)13-4-3-5-14(10-13)23(25)26/h1-11,19H,12H2,(H,22,24)/b21-11+/t19-/m0/s1. The third kappa shape index (κ3) is 4.08. The van der Waals surface area contributed by atoms with E-state index in [4.69, 9.17) is 13.9 Å². The number of rotatable bonds is 5. The fraction of sp³-hybridized carbons (Fsp3) is 0.100. The number of fused-ring (bicyclic) bond motifs is 1. The van der Waals surface area contributed by atoms with E-state index in [-0.39, 0.29) is 12.3 Å². The van der Waals surface area contributed by atoms with Crippen LogP contribution in [0.15, 0.2) is 70.2 Å². The average Bonchev–Trinajstić information content (AvgIpc) is 3.22. The Balaban J connectivity index is 1.37. The number of hydrogen-bond acceptors (Lipinski definition) is 7. The van der Waals surface area contributed by atoms with Crippen LogP contribution in [0.4, 0.5) is 5.69 Å². The van der Waals surface area contributed by atoms with E-state index in [0.717, 1.165) is 0 Å². The lowest BCUT2D eigenvalue weighted by molar-refractivity contribution is -0.384. The summed E-state index contributed by atoms with van der Waals surface area (Å²) in [5.41, 5.74) is 2.92. The highest BCUT2D eigenvalue weighted by Crippen LogP contribution is 2.30. The summed E-state index contributed by atoms with van der Waals surface area (Å²) in [4.78, 5) is 22.6. The number of carbonyl (C=O) groups is 1. The van der Waals surface area contributed by atoms with Crippen molar-refractivity contribution in [3.8, 4) is 22.8 Å². The Morgan fingerprint density at radius 2 is 1.97 bits per heavy atom. The first-order valence-electron chi connectivity index (χ1n) is 8.66. The maximum atomic E-state index is 12.2. The highest BCUT2D eigenvalue weighted by atomic mass is 16.6. The lowest BCUT2D eigenvalue weighted by atomic mass is 10.1. The molecule has 0 unspecified atom stereocenters. The van der Waals surface area contributed by atoms with Crippen molar-refractivity contribution in [3.05, 3.63) is 76.5 Å². The van der Waals surface area contributed by atoms with Crippen LogP contribution in [-0.2, 0) is 4.79 Å². The monoisotopic (exact) mass is 393 g/mol. The van der Waals surface area contributed by atoms with Gasteiger partial charge in [0, 0.05) is 17.7 Å². The molecule has 1 aromatic heterocycles. The first-order valence-corrected chi connectivity index (χ1v) is 8.66. The highest BCUT2D eigenvalue weighted by Gasteiger charge is 2.27. The van der Waals surface area contributed by atoms with Crippen molar-refractivity contribution in [2.75, 3.05) is 6.61 Å². The number of para-hydroxylation sites is 2. The summed E-state index contributed by atoms with van der Waals surface area (Å²) in [6, 6.07) is 16.5. The van der Waals surface area contributed by atoms with Gasteiger partial charge >= 0.3 is 0 Å². The second kappa shape index (κ2) is 7.85. The van der Waals surface area contributed by atoms with Crippen LogP contribution in [0.2, 0.25) is 0 Å². The number of hydrogen-bond donors (Lipinski definition) is 1. The molecule has 1 atom stereocenters. The second-order valence-electron chi connectivity index (χ2n) is 6.11. The number of ether oxygens (including phenoxy) is 2. The Kier molecular flexibility index (Phi) is 4.93. The fourth-order valence-corrected chi connectivity index (χ4v) is 2.73. The average molecular weight is 393 g/mol. The van der Waals surface area contributed by atoms with Gasteiger partial charge in [-0.25, -0.2) is 5.43 Å². The SMILES string of the molecule is O=C(N/N=C/c1ccc(-c2cccc([N+](=O)[O-])c2)o1)[C@@H]1COc2ccccc2O1. The normalized spacial score (nSPS) is 15.2. The Labute approximate surface area is 164 Å². The van der Waals surface area contributed by atoms with Crippen LogP contribution in [0.1, 0.15) is 5.76 Å². The number of nitro benzene ring substituents is 1. The molecule has 146 valence electrons. The van der Waals surface area contributed by atoms with Gasteiger partial charge in [0.1, 0.15) is 18.1 Å². The Morgan fingerprint density at radius 3 is 2.79 bits per heavy atom. The summed E-state index contributed by atoms with van der Waals surface area (Å²) in [6.07, 6.45) is 0.509. The van der Waals surface area contributed by atoms with E-state index in [0.29, 0.717) is 28.6 Å². The number of hydrazone groups is 1. The van der Waals surface area contributed by atoms with Crippen molar-refractivity contribution < 1.29 is 23.6 Å². The summed E-state index contributed by atoms with van der Waals surface area (Å²) in [5, 5.41) is 14.8. The van der Waals surface area contributed by atoms with E-state index in [2.05, 4.69) is 10.5 Å². The van der Waals surface area contributed by atoms with Gasteiger partial charge in [-0.2, -0.15) is 5.10 Å². The number of non-ortho nitro benzene ring substituents is 1. The lowest BCUT2D eigenvalue weighted by Gasteiger charge is -2.24. The molecule has 1 aliphatic heterocycles. The van der Waals surface area contributed by atoms with Crippen LogP contribution < -0.4 is 14.9 Å². The molecule has 1 aliphatic rings. The van der Waals surface area contributed by atoms with Crippen LogP contribution in [-0.4, -0.2) is 29.8 Å². The Bertz CT molecular complexity index is 1090. The number of benzene rings is 2. The third-order valence-electron chi connectivity index (χ3n) is 4.14. The van der Waals surface area contributed by atoms with Crippen molar-refractivity contribution in [1.82, 2.24) is 5.43 Å². The van der Waals surface area contributed by atoms with Crippen LogP contribution in [0.25, 0.3) is 11.3 Å². The topological polar surface area (TPSA) is 116 Å². The van der Waals surface area contributed by atoms with Gasteiger partial charge in [0.05, 0.1) is 11.1 Å². The largest absolute Gasteiger partial charge is 0.485 e. The van der Waals surface area contributed by atoms with Gasteiger partial charge in [-0.15, -0.1) is 0 Å². The molecule has 0 spiro atoms. The molecule has 0 saturated carbocycles. The van der Waals surface area contributed by atoms with Crippen LogP contribution in [0.3, 0.4) is 0 Å². The van der Waals surface area contributed by atoms with Crippen LogP contribution in [0, 0.1) is 10.1 Å². The predicted octanol–water partition coefficient (Wildman–Crippen LogP) is 3.14. The predicted molar refractivity (Wildman–Crippen MR) is 103 cm³/mol. The summed E-state index contributed by atoms with van der Waals surface area (Å²) in [7, 11) is 0. The molecule has 1 N–H and O–H groups in total. The molecule has 0 fully saturated rings. The number of furan rings is 1. The van der Waals surface area contributed by atoms with Crippen molar-refractivity contribution in [1.29, 1.82) is 0 Å². The van der Waals surface area contributed by atoms with Crippen molar-refractivity contribution in [2.45, 2.75) is 6.10 Å². The molecule has 29 heavy (non-hydrogen) atoms.